The van der Waals surface area contributed by atoms with Gasteiger partial charge in [0.15, 0.2) is 0 Å². The lowest BCUT2D eigenvalue weighted by atomic mass is 10.1. The second-order valence-electron chi connectivity index (χ2n) is 6.08. The van der Waals surface area contributed by atoms with E-state index in [0.29, 0.717) is 23.6 Å². The number of nitrogens with one attached hydrogen (secondary N) is 1. The third-order valence-corrected chi connectivity index (χ3v) is 4.48. The summed E-state index contributed by atoms with van der Waals surface area (Å²) >= 11 is 0. The summed E-state index contributed by atoms with van der Waals surface area (Å²) in [5.74, 6) is 0.457. The number of carbonyl (C=O) groups excluding carboxylic acids is 1. The van der Waals surface area contributed by atoms with Crippen LogP contribution in [0, 0.1) is 13.8 Å². The first-order valence-corrected chi connectivity index (χ1v) is 8.17. The van der Waals surface area contributed by atoms with Gasteiger partial charge in [-0.2, -0.15) is 0 Å². The molecular formula is C18H23N3O2. The molecule has 122 valence electrons. The molecule has 2 heterocycles. The second-order valence-corrected chi connectivity index (χ2v) is 6.08. The van der Waals surface area contributed by atoms with Gasteiger partial charge in [0, 0.05) is 6.54 Å². The highest BCUT2D eigenvalue weighted by atomic mass is 16.5. The average molecular weight is 313 g/mol. The minimum Gasteiger partial charge on any atom is -0.361 e. The minimum absolute atomic E-state index is 0.110. The molecule has 23 heavy (non-hydrogen) atoms. The summed E-state index contributed by atoms with van der Waals surface area (Å²) in [7, 11) is 0. The maximum atomic E-state index is 12.5. The van der Waals surface area contributed by atoms with Crippen molar-refractivity contribution in [1.82, 2.24) is 15.4 Å². The van der Waals surface area contributed by atoms with Gasteiger partial charge in [0.2, 0.25) is 0 Å². The van der Waals surface area contributed by atoms with Crippen molar-refractivity contribution in [3.8, 4) is 0 Å². The lowest BCUT2D eigenvalue weighted by molar-refractivity contribution is 0.0936. The molecule has 1 atom stereocenters. The fourth-order valence-electron chi connectivity index (χ4n) is 3.27. The predicted molar refractivity (Wildman–Crippen MR) is 88.3 cm³/mol. The van der Waals surface area contributed by atoms with E-state index in [2.05, 4.69) is 39.6 Å². The van der Waals surface area contributed by atoms with Crippen LogP contribution in [0.1, 0.15) is 46.3 Å². The number of aromatic nitrogens is 1. The zero-order chi connectivity index (χ0) is 16.2. The van der Waals surface area contributed by atoms with Gasteiger partial charge < -0.3 is 9.84 Å². The Hall–Kier alpha value is -2.14. The molecular weight excluding hydrogens is 290 g/mol. The first kappa shape index (κ1) is 15.7. The van der Waals surface area contributed by atoms with Crippen LogP contribution in [0.15, 0.2) is 34.9 Å². The molecule has 1 amide bonds. The van der Waals surface area contributed by atoms with Gasteiger partial charge in [0.25, 0.3) is 5.91 Å². The lowest BCUT2D eigenvalue weighted by Gasteiger charge is -2.28. The highest BCUT2D eigenvalue weighted by Crippen LogP contribution is 2.24. The van der Waals surface area contributed by atoms with Crippen molar-refractivity contribution in [3.05, 3.63) is 52.9 Å². The van der Waals surface area contributed by atoms with Crippen LogP contribution in [0.25, 0.3) is 0 Å². The molecule has 1 aromatic carbocycles. The maximum absolute atomic E-state index is 12.5. The summed E-state index contributed by atoms with van der Waals surface area (Å²) in [6.07, 6.45) is 2.45. The maximum Gasteiger partial charge on any atom is 0.256 e. The molecule has 2 aromatic rings. The molecule has 0 bridgehead atoms. The Morgan fingerprint density at radius 2 is 1.96 bits per heavy atom. The van der Waals surface area contributed by atoms with Gasteiger partial charge in [-0.3, -0.25) is 9.69 Å². The van der Waals surface area contributed by atoms with Crippen LogP contribution in [0.2, 0.25) is 0 Å². The number of rotatable bonds is 5. The molecule has 1 N–H and O–H groups in total. The number of hydrogen-bond acceptors (Lipinski definition) is 4. The fourth-order valence-corrected chi connectivity index (χ4v) is 3.27. The molecule has 1 saturated heterocycles. The lowest BCUT2D eigenvalue weighted by Crippen LogP contribution is -2.37. The van der Waals surface area contributed by atoms with Crippen LogP contribution < -0.4 is 5.32 Å². The van der Waals surface area contributed by atoms with E-state index in [9.17, 15) is 4.79 Å². The van der Waals surface area contributed by atoms with Crippen LogP contribution >= 0.6 is 0 Å². The van der Waals surface area contributed by atoms with Crippen molar-refractivity contribution in [3.63, 3.8) is 0 Å². The monoisotopic (exact) mass is 313 g/mol. The zero-order valence-corrected chi connectivity index (χ0v) is 13.7. The Labute approximate surface area is 136 Å². The van der Waals surface area contributed by atoms with Gasteiger partial charge in [0.1, 0.15) is 11.3 Å². The van der Waals surface area contributed by atoms with Gasteiger partial charge in [-0.05, 0) is 45.3 Å². The number of benzene rings is 1. The molecule has 1 aromatic heterocycles. The topological polar surface area (TPSA) is 58.4 Å². The van der Waals surface area contributed by atoms with E-state index in [-0.39, 0.29) is 11.9 Å². The smallest absolute Gasteiger partial charge is 0.256 e. The van der Waals surface area contributed by atoms with Crippen LogP contribution in [0.3, 0.4) is 0 Å². The van der Waals surface area contributed by atoms with E-state index >= 15 is 0 Å². The van der Waals surface area contributed by atoms with E-state index in [4.69, 9.17) is 4.52 Å². The number of carbonyl (C=O) groups is 1. The summed E-state index contributed by atoms with van der Waals surface area (Å²) in [6, 6.07) is 10.6. The molecule has 0 aliphatic carbocycles. The molecule has 1 aliphatic heterocycles. The van der Waals surface area contributed by atoms with Crippen LogP contribution in [-0.4, -0.2) is 35.6 Å². The highest BCUT2D eigenvalue weighted by Gasteiger charge is 2.25. The largest absolute Gasteiger partial charge is 0.361 e. The van der Waals surface area contributed by atoms with Crippen LogP contribution in [-0.2, 0) is 0 Å². The van der Waals surface area contributed by atoms with Gasteiger partial charge in [-0.25, -0.2) is 0 Å². The Balaban J connectivity index is 1.73. The third-order valence-electron chi connectivity index (χ3n) is 4.48. The van der Waals surface area contributed by atoms with E-state index in [1.807, 2.05) is 6.07 Å². The normalized spacial score (nSPS) is 16.4. The van der Waals surface area contributed by atoms with Crippen LogP contribution in [0.5, 0.6) is 0 Å². The zero-order valence-electron chi connectivity index (χ0n) is 13.7. The van der Waals surface area contributed by atoms with E-state index in [1.165, 1.54) is 18.4 Å². The second kappa shape index (κ2) is 6.96. The van der Waals surface area contributed by atoms with Crippen molar-refractivity contribution >= 4 is 5.91 Å². The summed E-state index contributed by atoms with van der Waals surface area (Å²) in [5, 5.41) is 6.92. The van der Waals surface area contributed by atoms with Crippen molar-refractivity contribution in [2.75, 3.05) is 19.6 Å². The first-order valence-electron chi connectivity index (χ1n) is 8.17. The Kier molecular flexibility index (Phi) is 4.76. The van der Waals surface area contributed by atoms with Crippen LogP contribution in [0.4, 0.5) is 0 Å². The summed E-state index contributed by atoms with van der Waals surface area (Å²) < 4.78 is 5.09. The highest BCUT2D eigenvalue weighted by molar-refractivity contribution is 5.96. The number of likely N-dealkylation sites (tertiary alicyclic amines) is 1. The number of aryl methyl sites for hydroxylation is 2. The average Bonchev–Trinajstić information content (AvgIpc) is 3.19. The van der Waals surface area contributed by atoms with Crippen molar-refractivity contribution in [2.24, 2.45) is 0 Å². The molecule has 0 saturated carbocycles. The third kappa shape index (κ3) is 3.45. The van der Waals surface area contributed by atoms with E-state index in [0.717, 1.165) is 13.1 Å². The Morgan fingerprint density at radius 1 is 1.26 bits per heavy atom. The van der Waals surface area contributed by atoms with E-state index < -0.39 is 0 Å². The molecule has 0 unspecified atom stereocenters. The first-order chi connectivity index (χ1) is 11.2. The summed E-state index contributed by atoms with van der Waals surface area (Å²) in [6.45, 7) is 6.32. The molecule has 0 spiro atoms. The fraction of sp³-hybridized carbons (Fsp3) is 0.444. The van der Waals surface area contributed by atoms with Crippen molar-refractivity contribution < 1.29 is 9.32 Å². The molecule has 5 nitrogen and oxygen atoms in total. The summed E-state index contributed by atoms with van der Waals surface area (Å²) in [4.78, 5) is 14.9. The standard InChI is InChI=1S/C18H23N3O2/c1-13-17(14(2)23-20-13)18(22)19-12-16(21-10-6-7-11-21)15-8-4-3-5-9-15/h3-5,8-9,16H,6-7,10-12H2,1-2H3,(H,19,22)/t16-/m1/s1. The molecule has 3 rings (SSSR count). The van der Waals surface area contributed by atoms with Crippen molar-refractivity contribution in [2.45, 2.75) is 32.7 Å². The molecule has 1 fully saturated rings. The number of amides is 1. The Morgan fingerprint density at radius 3 is 2.57 bits per heavy atom. The SMILES string of the molecule is Cc1noc(C)c1C(=O)NC[C@H](c1ccccc1)N1CCCC1. The predicted octanol–water partition coefficient (Wildman–Crippen LogP) is 2.86. The molecule has 0 radical (unpaired) electrons. The number of hydrogen-bond donors (Lipinski definition) is 1. The van der Waals surface area contributed by atoms with Gasteiger partial charge in [0.05, 0.1) is 11.7 Å². The van der Waals surface area contributed by atoms with E-state index in [1.54, 1.807) is 13.8 Å². The van der Waals surface area contributed by atoms with Crippen molar-refractivity contribution in [1.29, 1.82) is 0 Å². The van der Waals surface area contributed by atoms with Gasteiger partial charge in [-0.15, -0.1) is 0 Å². The number of nitrogens with zero attached hydrogens (tertiary/aromatic N) is 2. The minimum atomic E-state index is -0.110. The van der Waals surface area contributed by atoms with Gasteiger partial charge in [-0.1, -0.05) is 35.5 Å². The molecule has 5 heteroatoms. The quantitative estimate of drug-likeness (QED) is 0.922. The molecule has 1 aliphatic rings. The summed E-state index contributed by atoms with van der Waals surface area (Å²) in [5.41, 5.74) is 2.43. The van der Waals surface area contributed by atoms with Gasteiger partial charge >= 0.3 is 0 Å². The Bertz CT molecular complexity index is 641.